The fraction of sp³-hybridized carbons (Fsp3) is 0.750. The van der Waals surface area contributed by atoms with Crippen LogP contribution >= 0.6 is 0 Å². The number of carbonyl (C=O) groups is 1. The average Bonchev–Trinajstić information content (AvgIpc) is 2.89. The van der Waals surface area contributed by atoms with Gasteiger partial charge in [-0.2, -0.15) is 0 Å². The zero-order chi connectivity index (χ0) is 15.0. The van der Waals surface area contributed by atoms with E-state index in [0.717, 1.165) is 32.6 Å². The van der Waals surface area contributed by atoms with E-state index in [1.165, 1.54) is 0 Å². The highest BCUT2D eigenvalue weighted by Gasteiger charge is 2.10. The number of carbonyl (C=O) groups excluding carboxylic acids is 1. The molecule has 0 saturated heterocycles. The summed E-state index contributed by atoms with van der Waals surface area (Å²) in [6.07, 6.45) is 2.73. The molecule has 1 aromatic heterocycles. The minimum Gasteiger partial charge on any atom is -0.308 e. The van der Waals surface area contributed by atoms with Gasteiger partial charge in [0.2, 0.25) is 0 Å². The van der Waals surface area contributed by atoms with E-state index in [4.69, 9.17) is 5.84 Å². The molecule has 8 heteroatoms. The summed E-state index contributed by atoms with van der Waals surface area (Å²) in [6, 6.07) is 0. The molecule has 0 aliphatic heterocycles. The normalized spacial score (nSPS) is 11.3. The van der Waals surface area contributed by atoms with Crippen LogP contribution in [0.5, 0.6) is 0 Å². The lowest BCUT2D eigenvalue weighted by Gasteiger charge is -2.23. The number of nitrogens with two attached hydrogens (primary N) is 1. The van der Waals surface area contributed by atoms with Crippen molar-refractivity contribution in [3.63, 3.8) is 0 Å². The number of amides is 1. The summed E-state index contributed by atoms with van der Waals surface area (Å²) < 4.78 is 1.67. The van der Waals surface area contributed by atoms with Crippen molar-refractivity contribution in [1.82, 2.24) is 30.2 Å². The Labute approximate surface area is 119 Å². The molecule has 1 amide bonds. The summed E-state index contributed by atoms with van der Waals surface area (Å²) in [7, 11) is 4.14. The molecule has 0 aliphatic carbocycles. The molecule has 0 unspecified atom stereocenters. The monoisotopic (exact) mass is 283 g/mol. The minimum absolute atomic E-state index is 0.239. The lowest BCUT2D eigenvalue weighted by Crippen LogP contribution is -2.34. The van der Waals surface area contributed by atoms with Crippen LogP contribution in [-0.4, -0.2) is 71.0 Å². The zero-order valence-corrected chi connectivity index (χ0v) is 12.5. The van der Waals surface area contributed by atoms with Crippen LogP contribution in [0.3, 0.4) is 0 Å². The number of nitrogens with zero attached hydrogens (tertiary/aromatic N) is 5. The third kappa shape index (κ3) is 5.64. The Morgan fingerprint density at radius 3 is 2.70 bits per heavy atom. The molecule has 0 radical (unpaired) electrons. The first kappa shape index (κ1) is 16.5. The van der Waals surface area contributed by atoms with Gasteiger partial charge in [-0.25, -0.2) is 5.84 Å². The number of nitrogen functional groups attached to an aromatic ring is 1. The van der Waals surface area contributed by atoms with Crippen LogP contribution < -0.4 is 11.3 Å². The number of hydrogen-bond donors (Lipinski definition) is 2. The Hall–Kier alpha value is -1.51. The fourth-order valence-corrected chi connectivity index (χ4v) is 1.82. The van der Waals surface area contributed by atoms with Crippen molar-refractivity contribution in [3.8, 4) is 0 Å². The van der Waals surface area contributed by atoms with Crippen molar-refractivity contribution in [2.24, 2.45) is 5.84 Å². The number of nitrogens with one attached hydrogen (secondary N) is 1. The van der Waals surface area contributed by atoms with Crippen LogP contribution in [-0.2, 0) is 6.54 Å². The molecule has 0 aromatic carbocycles. The van der Waals surface area contributed by atoms with E-state index < -0.39 is 5.91 Å². The Bertz CT molecular complexity index is 404. The predicted octanol–water partition coefficient (Wildman–Crippen LogP) is -0.845. The van der Waals surface area contributed by atoms with E-state index in [0.29, 0.717) is 6.54 Å². The third-order valence-electron chi connectivity index (χ3n) is 2.95. The molecule has 20 heavy (non-hydrogen) atoms. The maximum atomic E-state index is 11.3. The first-order valence-corrected chi connectivity index (χ1v) is 6.85. The molecule has 3 N–H and O–H groups in total. The van der Waals surface area contributed by atoms with Crippen LogP contribution in [0.15, 0.2) is 6.20 Å². The van der Waals surface area contributed by atoms with E-state index in [9.17, 15) is 4.79 Å². The van der Waals surface area contributed by atoms with E-state index in [1.54, 1.807) is 10.9 Å². The third-order valence-corrected chi connectivity index (χ3v) is 2.95. The quantitative estimate of drug-likeness (QED) is 0.349. The number of hydrazine groups is 1. The topological polar surface area (TPSA) is 92.3 Å². The number of rotatable bonds is 9. The number of aromatic nitrogens is 3. The molecule has 0 atom stereocenters. The molecule has 0 aliphatic rings. The Morgan fingerprint density at radius 2 is 2.10 bits per heavy atom. The first-order chi connectivity index (χ1) is 9.56. The molecule has 0 bridgehead atoms. The maximum absolute atomic E-state index is 11.3. The van der Waals surface area contributed by atoms with Crippen molar-refractivity contribution in [2.45, 2.75) is 19.9 Å². The van der Waals surface area contributed by atoms with E-state index >= 15 is 0 Å². The summed E-state index contributed by atoms with van der Waals surface area (Å²) in [5, 5.41) is 7.71. The average molecular weight is 283 g/mol. The Kier molecular flexibility index (Phi) is 7.13. The van der Waals surface area contributed by atoms with Gasteiger partial charge in [0.05, 0.1) is 12.7 Å². The van der Waals surface area contributed by atoms with Gasteiger partial charge in [-0.15, -0.1) is 5.10 Å². The largest absolute Gasteiger partial charge is 0.308 e. The van der Waals surface area contributed by atoms with Gasteiger partial charge in [-0.05, 0) is 27.1 Å². The summed E-state index contributed by atoms with van der Waals surface area (Å²) in [4.78, 5) is 15.8. The number of hydrogen-bond acceptors (Lipinski definition) is 6. The summed E-state index contributed by atoms with van der Waals surface area (Å²) >= 11 is 0. The molecule has 1 aromatic rings. The predicted molar refractivity (Wildman–Crippen MR) is 77.0 cm³/mol. The molecular weight excluding hydrogens is 258 g/mol. The Morgan fingerprint density at radius 1 is 1.35 bits per heavy atom. The van der Waals surface area contributed by atoms with E-state index in [-0.39, 0.29) is 5.69 Å². The van der Waals surface area contributed by atoms with Crippen LogP contribution in [0, 0.1) is 0 Å². The van der Waals surface area contributed by atoms with Gasteiger partial charge in [0.1, 0.15) is 0 Å². The van der Waals surface area contributed by atoms with Crippen LogP contribution in [0.25, 0.3) is 0 Å². The molecule has 0 saturated carbocycles. The molecule has 0 fully saturated rings. The first-order valence-electron chi connectivity index (χ1n) is 6.85. The van der Waals surface area contributed by atoms with Crippen molar-refractivity contribution in [1.29, 1.82) is 0 Å². The highest BCUT2D eigenvalue weighted by molar-refractivity contribution is 5.91. The molecule has 0 spiro atoms. The second-order valence-electron chi connectivity index (χ2n) is 4.99. The second-order valence-corrected chi connectivity index (χ2v) is 4.99. The smallest absolute Gasteiger partial charge is 0.287 e. The van der Waals surface area contributed by atoms with Gasteiger partial charge in [0.25, 0.3) is 5.91 Å². The zero-order valence-electron chi connectivity index (χ0n) is 12.5. The van der Waals surface area contributed by atoms with Gasteiger partial charge < -0.3 is 9.80 Å². The highest BCUT2D eigenvalue weighted by Crippen LogP contribution is 1.96. The molecule has 1 rings (SSSR count). The molecule has 8 nitrogen and oxygen atoms in total. The highest BCUT2D eigenvalue weighted by atomic mass is 16.2. The summed E-state index contributed by atoms with van der Waals surface area (Å²) in [6.45, 7) is 6.86. The van der Waals surface area contributed by atoms with Gasteiger partial charge >= 0.3 is 0 Å². The van der Waals surface area contributed by atoms with E-state index in [1.807, 2.05) is 5.43 Å². The summed E-state index contributed by atoms with van der Waals surface area (Å²) in [5.41, 5.74) is 2.28. The minimum atomic E-state index is -0.422. The van der Waals surface area contributed by atoms with Crippen molar-refractivity contribution >= 4 is 5.91 Å². The van der Waals surface area contributed by atoms with Crippen molar-refractivity contribution in [3.05, 3.63) is 11.9 Å². The number of likely N-dealkylation sites (N-methyl/N-ethyl adjacent to an activating group) is 1. The lowest BCUT2D eigenvalue weighted by molar-refractivity contribution is 0.0948. The Balaban J connectivity index is 2.45. The van der Waals surface area contributed by atoms with Gasteiger partial charge in [0.15, 0.2) is 5.69 Å². The van der Waals surface area contributed by atoms with Crippen LogP contribution in [0.2, 0.25) is 0 Å². The van der Waals surface area contributed by atoms with Gasteiger partial charge in [-0.3, -0.25) is 14.9 Å². The molecular formula is C12H25N7O. The fourth-order valence-electron chi connectivity index (χ4n) is 1.82. The molecule has 114 valence electrons. The summed E-state index contributed by atoms with van der Waals surface area (Å²) in [5.74, 6) is 4.63. The van der Waals surface area contributed by atoms with Crippen LogP contribution in [0.1, 0.15) is 23.8 Å². The standard InChI is InChI=1S/C12H25N7O/c1-4-5-18(7-6-17(2)3)8-9-19-10-11(15-16-19)12(20)14-13/h10H,4-9,13H2,1-3H3,(H,14,20). The van der Waals surface area contributed by atoms with E-state index in [2.05, 4.69) is 41.1 Å². The molecule has 1 heterocycles. The van der Waals surface area contributed by atoms with Gasteiger partial charge in [-0.1, -0.05) is 12.1 Å². The second kappa shape index (κ2) is 8.62. The SMILES string of the molecule is CCCN(CCN(C)C)CCn1cc(C(=O)NN)nn1. The van der Waals surface area contributed by atoms with Crippen LogP contribution in [0.4, 0.5) is 0 Å². The maximum Gasteiger partial charge on any atom is 0.287 e. The van der Waals surface area contributed by atoms with Gasteiger partial charge in [0, 0.05) is 19.6 Å². The van der Waals surface area contributed by atoms with Crippen molar-refractivity contribution in [2.75, 3.05) is 40.3 Å². The van der Waals surface area contributed by atoms with Crippen molar-refractivity contribution < 1.29 is 4.79 Å². The lowest BCUT2D eigenvalue weighted by atomic mass is 10.3.